The Bertz CT molecular complexity index is 1540. The van der Waals surface area contributed by atoms with Crippen LogP contribution in [0.5, 0.6) is 11.5 Å². The Morgan fingerprint density at radius 2 is 1.95 bits per heavy atom. The number of nitrogens with zero attached hydrogens (tertiary/aromatic N) is 3. The third kappa shape index (κ3) is 9.42. The fraction of sp³-hybridized carbons (Fsp3) is 0.280. The molecule has 0 saturated heterocycles. The van der Waals surface area contributed by atoms with Gasteiger partial charge in [0, 0.05) is 34.8 Å². The Labute approximate surface area is 238 Å². The van der Waals surface area contributed by atoms with Crippen molar-refractivity contribution in [1.29, 1.82) is 0 Å². The average Bonchev–Trinajstić information content (AvgIpc) is 3.35. The van der Waals surface area contributed by atoms with Crippen molar-refractivity contribution in [3.8, 4) is 11.5 Å². The number of carbonyl (C=O) groups excluding carboxylic acids is 1. The van der Waals surface area contributed by atoms with Crippen LogP contribution < -0.4 is 25.4 Å². The van der Waals surface area contributed by atoms with Crippen LogP contribution in [0.4, 0.5) is 21.0 Å². The molecule has 41 heavy (non-hydrogen) atoms. The van der Waals surface area contributed by atoms with Gasteiger partial charge in [-0.2, -0.15) is 0 Å². The van der Waals surface area contributed by atoms with Gasteiger partial charge in [0.25, 0.3) is 0 Å². The maximum Gasteiger partial charge on any atom is 0.469 e. The summed E-state index contributed by atoms with van der Waals surface area (Å²) >= 11 is 1.29. The lowest BCUT2D eigenvalue weighted by atomic mass is 10.2. The number of benzene rings is 2. The van der Waals surface area contributed by atoms with Gasteiger partial charge >= 0.3 is 7.82 Å². The van der Waals surface area contributed by atoms with Gasteiger partial charge in [-0.05, 0) is 37.2 Å². The summed E-state index contributed by atoms with van der Waals surface area (Å²) in [6.07, 6.45) is 3.70. The molecule has 0 aliphatic heterocycles. The maximum absolute atomic E-state index is 13.4. The zero-order valence-electron chi connectivity index (χ0n) is 21.9. The summed E-state index contributed by atoms with van der Waals surface area (Å²) < 4.78 is 39.8. The highest BCUT2D eigenvalue weighted by Gasteiger charge is 2.15. The zero-order valence-corrected chi connectivity index (χ0v) is 23.6. The van der Waals surface area contributed by atoms with Crippen molar-refractivity contribution in [2.45, 2.75) is 12.8 Å². The van der Waals surface area contributed by atoms with Gasteiger partial charge in [0.05, 0.1) is 32.3 Å². The third-order valence-electron chi connectivity index (χ3n) is 5.44. The molecule has 4 aromatic rings. The molecule has 2 aromatic heterocycles. The van der Waals surface area contributed by atoms with Crippen molar-refractivity contribution in [2.75, 3.05) is 44.0 Å². The molecule has 0 spiro atoms. The van der Waals surface area contributed by atoms with E-state index in [1.807, 2.05) is 0 Å². The minimum atomic E-state index is -4.46. The number of hydrogen-bond donors (Lipinski definition) is 5. The summed E-state index contributed by atoms with van der Waals surface area (Å²) in [5.74, 6) is 0.744. The summed E-state index contributed by atoms with van der Waals surface area (Å²) in [6, 6.07) is 9.18. The predicted octanol–water partition coefficient (Wildman–Crippen LogP) is 3.63. The van der Waals surface area contributed by atoms with E-state index in [1.165, 1.54) is 43.0 Å². The number of anilines is 3. The van der Waals surface area contributed by atoms with Gasteiger partial charge < -0.3 is 35.2 Å². The van der Waals surface area contributed by atoms with E-state index in [2.05, 4.69) is 35.4 Å². The van der Waals surface area contributed by atoms with E-state index in [4.69, 9.17) is 19.3 Å². The van der Waals surface area contributed by atoms with Crippen LogP contribution in [0.3, 0.4) is 0 Å². The molecular weight excluding hydrogens is 578 g/mol. The molecule has 0 aliphatic carbocycles. The number of fused-ring (bicyclic) bond motifs is 1. The maximum atomic E-state index is 13.4. The monoisotopic (exact) mass is 606 g/mol. The zero-order chi connectivity index (χ0) is 29.2. The minimum Gasteiger partial charge on any atom is -0.493 e. The van der Waals surface area contributed by atoms with Crippen molar-refractivity contribution in [3.63, 3.8) is 0 Å². The summed E-state index contributed by atoms with van der Waals surface area (Å²) in [5.41, 5.74) is 0.989. The fourth-order valence-corrected chi connectivity index (χ4v) is 4.79. The van der Waals surface area contributed by atoms with Gasteiger partial charge in [-0.1, -0.05) is 6.07 Å². The number of methoxy groups -OCH3 is 1. The number of hydrogen-bond acceptors (Lipinski definition) is 11. The lowest BCUT2D eigenvalue weighted by Gasteiger charge is -2.13. The van der Waals surface area contributed by atoms with E-state index in [1.54, 1.807) is 24.4 Å². The van der Waals surface area contributed by atoms with E-state index >= 15 is 0 Å². The van der Waals surface area contributed by atoms with Gasteiger partial charge in [0.2, 0.25) is 5.91 Å². The number of amides is 1. The molecule has 0 saturated carbocycles. The molecule has 0 radical (unpaired) electrons. The minimum absolute atomic E-state index is 0.0750. The van der Waals surface area contributed by atoms with Gasteiger partial charge in [-0.25, -0.2) is 23.9 Å². The van der Waals surface area contributed by atoms with Crippen molar-refractivity contribution in [2.24, 2.45) is 0 Å². The third-order valence-corrected chi connectivity index (χ3v) is 6.87. The lowest BCUT2D eigenvalue weighted by molar-refractivity contribution is -0.115. The Kier molecular flexibility index (Phi) is 10.5. The normalized spacial score (nSPS) is 11.4. The molecule has 0 fully saturated rings. The van der Waals surface area contributed by atoms with E-state index in [0.29, 0.717) is 70.0 Å². The van der Waals surface area contributed by atoms with Gasteiger partial charge in [0.15, 0.2) is 16.6 Å². The molecule has 5 N–H and O–H groups in total. The molecule has 2 aromatic carbocycles. The number of carbonyl (C=O) groups is 1. The standard InChI is InChI=1S/C25H28FN6O7PS/c1-37-21-12-19-20(13-22(21)38-8-3-6-27-7-9-39-40(34,35)36)29-15-30-24(19)32-25-28-14-18(41-25)11-23(33)31-17-5-2-4-16(26)10-17/h2,4-5,10,12-15,27H,3,6-9,11H2,1H3,(H,31,33)(H2,34,35,36)(H,28,29,30,32). The summed E-state index contributed by atoms with van der Waals surface area (Å²) in [5, 5.41) is 10.0. The summed E-state index contributed by atoms with van der Waals surface area (Å²) in [6.45, 7) is 1.10. The topological polar surface area (TPSA) is 177 Å². The van der Waals surface area contributed by atoms with Crippen LogP contribution in [-0.2, 0) is 20.3 Å². The second-order valence-corrected chi connectivity index (χ2v) is 10.9. The van der Waals surface area contributed by atoms with Crippen LogP contribution in [0.2, 0.25) is 0 Å². The van der Waals surface area contributed by atoms with E-state index in [9.17, 15) is 13.8 Å². The smallest absolute Gasteiger partial charge is 0.469 e. The quantitative estimate of drug-likeness (QED) is 0.0982. The Morgan fingerprint density at radius 3 is 2.73 bits per heavy atom. The first-order valence-electron chi connectivity index (χ1n) is 12.3. The van der Waals surface area contributed by atoms with Crippen LogP contribution in [0.1, 0.15) is 11.3 Å². The van der Waals surface area contributed by atoms with Crippen molar-refractivity contribution in [1.82, 2.24) is 20.3 Å². The number of halogens is 1. The van der Waals surface area contributed by atoms with Gasteiger partial charge in [0.1, 0.15) is 18.0 Å². The lowest BCUT2D eigenvalue weighted by Crippen LogP contribution is -2.21. The number of ether oxygens (including phenoxy) is 2. The Hall–Kier alpha value is -3.72. The van der Waals surface area contributed by atoms with Crippen LogP contribution in [0.25, 0.3) is 10.9 Å². The van der Waals surface area contributed by atoms with E-state index < -0.39 is 13.6 Å². The molecular formula is C25H28FN6O7PS. The molecule has 0 aliphatic rings. The second-order valence-electron chi connectivity index (χ2n) is 8.51. The fourth-order valence-electron chi connectivity index (χ4n) is 3.65. The number of thiazole rings is 1. The molecule has 1 amide bonds. The summed E-state index contributed by atoms with van der Waals surface area (Å²) in [7, 11) is -2.93. The number of rotatable bonds is 15. The molecule has 0 atom stereocenters. The number of phosphoric acid groups is 1. The first-order chi connectivity index (χ1) is 19.7. The number of nitrogens with one attached hydrogen (secondary N) is 3. The predicted molar refractivity (Wildman–Crippen MR) is 151 cm³/mol. The molecule has 2 heterocycles. The first kappa shape index (κ1) is 30.2. The molecule has 16 heteroatoms. The van der Waals surface area contributed by atoms with Crippen molar-refractivity contribution in [3.05, 3.63) is 59.6 Å². The van der Waals surface area contributed by atoms with E-state index in [-0.39, 0.29) is 18.9 Å². The van der Waals surface area contributed by atoms with E-state index in [0.717, 1.165) is 0 Å². The molecule has 0 unspecified atom stereocenters. The van der Waals surface area contributed by atoms with Gasteiger partial charge in [-0.3, -0.25) is 9.32 Å². The average molecular weight is 607 g/mol. The Morgan fingerprint density at radius 1 is 1.10 bits per heavy atom. The molecule has 218 valence electrons. The second kappa shape index (κ2) is 14.3. The van der Waals surface area contributed by atoms with Crippen molar-refractivity contribution < 1.29 is 37.5 Å². The number of aromatic nitrogens is 3. The SMILES string of the molecule is COc1cc2c(Nc3ncc(CC(=O)Nc4cccc(F)c4)s3)ncnc2cc1OCCCNCCOP(=O)(O)O. The largest absolute Gasteiger partial charge is 0.493 e. The summed E-state index contributed by atoms with van der Waals surface area (Å²) in [4.78, 5) is 43.4. The highest BCUT2D eigenvalue weighted by Crippen LogP contribution is 2.36. The highest BCUT2D eigenvalue weighted by molar-refractivity contribution is 7.46. The highest BCUT2D eigenvalue weighted by atomic mass is 32.1. The van der Waals surface area contributed by atoms with Crippen molar-refractivity contribution >= 4 is 52.6 Å². The van der Waals surface area contributed by atoms with Crippen LogP contribution in [0.15, 0.2) is 48.9 Å². The molecule has 4 rings (SSSR count). The van der Waals surface area contributed by atoms with Gasteiger partial charge in [-0.15, -0.1) is 11.3 Å². The van der Waals surface area contributed by atoms with Crippen LogP contribution in [0, 0.1) is 5.82 Å². The first-order valence-corrected chi connectivity index (χ1v) is 14.7. The molecule has 0 bridgehead atoms. The Balaban J connectivity index is 1.33. The van der Waals surface area contributed by atoms with Crippen LogP contribution in [-0.4, -0.2) is 64.1 Å². The number of phosphoric ester groups is 1. The van der Waals surface area contributed by atoms with Crippen LogP contribution >= 0.6 is 19.2 Å². The molecule has 13 nitrogen and oxygen atoms in total.